The number of aliphatic hydroxyl groups is 1. The monoisotopic (exact) mass is 1040 g/mol. The van der Waals surface area contributed by atoms with Gasteiger partial charge >= 0.3 is 12.1 Å². The van der Waals surface area contributed by atoms with Crippen LogP contribution in [-0.4, -0.2) is 135 Å². The molecule has 20 heteroatoms. The minimum Gasteiger partial charge on any atom is -0.458 e. The molecule has 5 aliphatic rings. The van der Waals surface area contributed by atoms with Crippen molar-refractivity contribution in [2.75, 3.05) is 57.1 Å². The number of cyclic esters (lactones) is 1. The summed E-state index contributed by atoms with van der Waals surface area (Å²) in [6.45, 7) is 7.85. The van der Waals surface area contributed by atoms with E-state index in [2.05, 4.69) is 31.4 Å². The lowest BCUT2D eigenvalue weighted by Crippen LogP contribution is -2.61. The van der Waals surface area contributed by atoms with Crippen LogP contribution in [0.2, 0.25) is 5.02 Å². The zero-order valence-corrected chi connectivity index (χ0v) is 43.9. The Kier molecular flexibility index (Phi) is 14.1. The number of nitriles is 1. The second-order valence-electron chi connectivity index (χ2n) is 21.1. The number of hydrogen-bond acceptors (Lipinski definition) is 15. The third kappa shape index (κ3) is 9.63. The Labute approximate surface area is 439 Å². The van der Waals surface area contributed by atoms with Gasteiger partial charge in [-0.25, -0.2) is 14.6 Å². The molecular formula is C55H62ClN11O8. The van der Waals surface area contributed by atoms with Crippen molar-refractivity contribution in [2.24, 2.45) is 5.92 Å². The summed E-state index contributed by atoms with van der Waals surface area (Å²) >= 11 is 6.29. The summed E-state index contributed by atoms with van der Waals surface area (Å²) in [6.07, 6.45) is 4.20. The lowest BCUT2D eigenvalue weighted by Gasteiger charge is -2.45. The molecule has 19 nitrogen and oxygen atoms in total. The van der Waals surface area contributed by atoms with E-state index in [1.165, 1.54) is 0 Å². The Morgan fingerprint density at radius 1 is 0.947 bits per heavy atom. The van der Waals surface area contributed by atoms with Crippen LogP contribution in [0.25, 0.3) is 22.3 Å². The van der Waals surface area contributed by atoms with E-state index in [9.17, 15) is 34.3 Å². The second kappa shape index (κ2) is 20.5. The van der Waals surface area contributed by atoms with Gasteiger partial charge in [-0.3, -0.25) is 14.4 Å². The van der Waals surface area contributed by atoms with Gasteiger partial charge in [-0.1, -0.05) is 18.5 Å². The van der Waals surface area contributed by atoms with Crippen molar-refractivity contribution in [1.82, 2.24) is 39.8 Å². The topological polar surface area (TPSA) is 220 Å². The Morgan fingerprint density at radius 2 is 1.68 bits per heavy atom. The molecule has 0 spiro atoms. The predicted molar refractivity (Wildman–Crippen MR) is 280 cm³/mol. The molecule has 7 heterocycles. The zero-order valence-electron chi connectivity index (χ0n) is 43.1. The fourth-order valence-electron chi connectivity index (χ4n) is 11.6. The van der Waals surface area contributed by atoms with Crippen molar-refractivity contribution in [1.29, 1.82) is 5.26 Å². The van der Waals surface area contributed by atoms with E-state index in [1.54, 1.807) is 46.7 Å². The standard InChI is InChI=1S/C55H62ClN11O8/c1-7-55(73)42-24-46-49-35(28-67(46)52(70)41(42)30-74-53(55)71)22-39-40(29-62(4)5)47(16-14-44(39)59-49)75-54(72)66-27-31(2)65(26-32(66)3)51(69)33-18-20-64(21-19-33)48-17-15-45(60-61-48)50(68)58-36-9-12-37(13-10-36)63(6)38-11-8-34(25-57)43(56)23-38/h8,11,14-17,22-24,31-33,36-37,73H,7,9-10,12-13,18-21,26-30H2,1-6H3,(H,58,68)/t31-,32+,36?,37?,55-/m0/s1. The third-order valence-corrected chi connectivity index (χ3v) is 16.4. The first-order valence-electron chi connectivity index (χ1n) is 25.8. The molecule has 2 aromatic carbocycles. The number of nitrogens with zero attached hydrogens (tertiary/aromatic N) is 10. The number of carbonyl (C=O) groups is 4. The van der Waals surface area contributed by atoms with Gasteiger partial charge in [-0.2, -0.15) is 5.26 Å². The molecule has 392 valence electrons. The number of piperazine rings is 1. The predicted octanol–water partition coefficient (Wildman–Crippen LogP) is 5.97. The SMILES string of the molecule is CC[C@@]1(O)C(=O)OCc2c1cc1n(c2=O)Cc2cc3c(CN(C)C)c(OC(=O)N4C[C@H](C)N(C(=O)C5CCN(c6ccc(C(=O)NC7CCC(N(C)c8ccc(C#N)c(Cl)c8)CC7)nn6)CC5)C[C@H]4C)ccc3nc2-1. The summed E-state index contributed by atoms with van der Waals surface area (Å²) in [5, 5.41) is 33.6. The molecule has 3 amide bonds. The van der Waals surface area contributed by atoms with E-state index < -0.39 is 17.7 Å². The largest absolute Gasteiger partial charge is 0.458 e. The molecule has 0 bridgehead atoms. The van der Waals surface area contributed by atoms with Gasteiger partial charge in [0.15, 0.2) is 17.1 Å². The average molecular weight is 1040 g/mol. The van der Waals surface area contributed by atoms with E-state index in [0.29, 0.717) is 84.6 Å². The molecule has 1 aliphatic carbocycles. The van der Waals surface area contributed by atoms with Gasteiger partial charge in [-0.15, -0.1) is 10.2 Å². The molecular weight excluding hydrogens is 978 g/mol. The van der Waals surface area contributed by atoms with Crippen LogP contribution in [0.4, 0.5) is 16.3 Å². The van der Waals surface area contributed by atoms with E-state index in [0.717, 1.165) is 47.9 Å². The van der Waals surface area contributed by atoms with Gasteiger partial charge in [0, 0.05) is 97.6 Å². The molecule has 0 unspecified atom stereocenters. The smallest absolute Gasteiger partial charge is 0.415 e. The van der Waals surface area contributed by atoms with Crippen LogP contribution in [0, 0.1) is 17.2 Å². The average Bonchev–Trinajstić information content (AvgIpc) is 3.79. The van der Waals surface area contributed by atoms with Gasteiger partial charge < -0.3 is 49.0 Å². The molecule has 0 radical (unpaired) electrons. The van der Waals surface area contributed by atoms with Crippen LogP contribution in [0.5, 0.6) is 5.75 Å². The first-order valence-corrected chi connectivity index (χ1v) is 26.2. The number of ether oxygens (including phenoxy) is 2. The van der Waals surface area contributed by atoms with Gasteiger partial charge in [0.05, 0.1) is 39.6 Å². The number of hydrogen-bond donors (Lipinski definition) is 2. The summed E-state index contributed by atoms with van der Waals surface area (Å²) in [6, 6.07) is 18.0. The number of anilines is 2. The summed E-state index contributed by atoms with van der Waals surface area (Å²) in [4.78, 5) is 82.8. The number of carbonyl (C=O) groups excluding carboxylic acids is 4. The number of halogens is 1. The van der Waals surface area contributed by atoms with Crippen LogP contribution in [0.15, 0.2) is 59.4 Å². The van der Waals surface area contributed by atoms with E-state index in [-0.39, 0.29) is 83.9 Å². The van der Waals surface area contributed by atoms with Crippen molar-refractivity contribution in [3.05, 3.63) is 103 Å². The fourth-order valence-corrected chi connectivity index (χ4v) is 11.8. The van der Waals surface area contributed by atoms with E-state index in [4.69, 9.17) is 26.1 Å². The van der Waals surface area contributed by atoms with E-state index in [1.807, 2.05) is 69.1 Å². The van der Waals surface area contributed by atoms with Gasteiger partial charge in [0.2, 0.25) is 5.91 Å². The number of aromatic nitrogens is 4. The number of pyridine rings is 2. The number of benzene rings is 2. The highest BCUT2D eigenvalue weighted by atomic mass is 35.5. The number of fused-ring (bicyclic) bond motifs is 5. The minimum absolute atomic E-state index is 0.0213. The minimum atomic E-state index is -1.93. The molecule has 1 saturated carbocycles. The maximum Gasteiger partial charge on any atom is 0.415 e. The van der Waals surface area contributed by atoms with Gasteiger partial charge in [-0.05, 0) is 127 Å². The first-order chi connectivity index (χ1) is 36.0. The van der Waals surface area contributed by atoms with Crippen LogP contribution in [0.1, 0.15) is 104 Å². The second-order valence-corrected chi connectivity index (χ2v) is 21.5. The van der Waals surface area contributed by atoms with Crippen LogP contribution in [0.3, 0.4) is 0 Å². The summed E-state index contributed by atoms with van der Waals surface area (Å²) in [5.74, 6) is -0.129. The molecule has 5 aromatic rings. The fraction of sp³-hybridized carbons (Fsp3) is 0.473. The maximum absolute atomic E-state index is 14.1. The summed E-state index contributed by atoms with van der Waals surface area (Å²) in [5.41, 5.74) is 3.13. The maximum atomic E-state index is 14.1. The molecule has 3 aromatic heterocycles. The van der Waals surface area contributed by atoms with Crippen molar-refractivity contribution in [3.63, 3.8) is 0 Å². The van der Waals surface area contributed by atoms with Crippen LogP contribution >= 0.6 is 11.6 Å². The highest BCUT2D eigenvalue weighted by Crippen LogP contribution is 2.41. The Hall–Kier alpha value is -7.14. The van der Waals surface area contributed by atoms with Crippen LogP contribution < -0.4 is 25.4 Å². The first kappa shape index (κ1) is 51.4. The lowest BCUT2D eigenvalue weighted by molar-refractivity contribution is -0.172. The van der Waals surface area contributed by atoms with E-state index >= 15 is 0 Å². The molecule has 2 N–H and O–H groups in total. The van der Waals surface area contributed by atoms with Crippen molar-refractivity contribution in [3.8, 4) is 23.2 Å². The normalized spacial score (nSPS) is 22.5. The highest BCUT2D eigenvalue weighted by molar-refractivity contribution is 6.32. The molecule has 75 heavy (non-hydrogen) atoms. The molecule has 4 aliphatic heterocycles. The summed E-state index contributed by atoms with van der Waals surface area (Å²) < 4.78 is 13.1. The Balaban J connectivity index is 0.730. The number of nitrogens with one attached hydrogen (secondary N) is 1. The zero-order chi connectivity index (χ0) is 53.0. The summed E-state index contributed by atoms with van der Waals surface area (Å²) in [7, 11) is 5.88. The number of piperidine rings is 1. The molecule has 10 rings (SSSR count). The number of esters is 1. The number of amides is 3. The number of rotatable bonds is 10. The highest BCUT2D eigenvalue weighted by Gasteiger charge is 2.46. The molecule has 3 atom stereocenters. The Morgan fingerprint density at radius 3 is 2.36 bits per heavy atom. The van der Waals surface area contributed by atoms with Gasteiger partial charge in [0.1, 0.15) is 18.4 Å². The quantitative estimate of drug-likeness (QED) is 0.151. The lowest BCUT2D eigenvalue weighted by atomic mass is 9.86. The molecule has 3 fully saturated rings. The third-order valence-electron chi connectivity index (χ3n) is 16.0. The Bertz CT molecular complexity index is 3200. The molecule has 2 saturated heterocycles. The van der Waals surface area contributed by atoms with Crippen molar-refractivity contribution < 1.29 is 33.8 Å². The van der Waals surface area contributed by atoms with Crippen molar-refractivity contribution in [2.45, 2.75) is 115 Å². The van der Waals surface area contributed by atoms with Crippen LogP contribution in [-0.2, 0) is 39.6 Å². The van der Waals surface area contributed by atoms with Crippen molar-refractivity contribution >= 4 is 57.9 Å². The van der Waals surface area contributed by atoms with Gasteiger partial charge in [0.25, 0.3) is 11.5 Å².